The molecule has 26 heavy (non-hydrogen) atoms. The summed E-state index contributed by atoms with van der Waals surface area (Å²) in [5.41, 5.74) is 0.974. The number of rotatable bonds is 2. The average molecular weight is 418 g/mol. The highest BCUT2D eigenvalue weighted by Gasteiger charge is 2.40. The number of fused-ring (bicyclic) bond motifs is 2. The van der Waals surface area contributed by atoms with Crippen molar-refractivity contribution >= 4 is 39.3 Å². The van der Waals surface area contributed by atoms with E-state index in [1.165, 1.54) is 6.26 Å². The van der Waals surface area contributed by atoms with Crippen LogP contribution in [0.2, 0.25) is 0 Å². The van der Waals surface area contributed by atoms with Crippen LogP contribution in [0.1, 0.15) is 33.8 Å². The minimum Gasteiger partial charge on any atom is -0.459 e. The number of carbonyl (C=O) groups is 3. The number of carbonyl (C=O) groups excluding carboxylic acids is 3. The molecule has 7 nitrogen and oxygen atoms in total. The Hall–Kier alpha value is -2.61. The lowest BCUT2D eigenvalue weighted by atomic mass is 9.96. The number of nitrogens with zero attached hydrogens (tertiary/aromatic N) is 1. The van der Waals surface area contributed by atoms with Gasteiger partial charge in [0.2, 0.25) is 5.91 Å². The summed E-state index contributed by atoms with van der Waals surface area (Å²) in [6.07, 6.45) is 2.37. The maximum atomic E-state index is 12.9. The van der Waals surface area contributed by atoms with E-state index in [0.717, 1.165) is 4.47 Å². The summed E-state index contributed by atoms with van der Waals surface area (Å²) in [6.45, 7) is 0.395. The van der Waals surface area contributed by atoms with Crippen molar-refractivity contribution in [2.24, 2.45) is 0 Å². The minimum absolute atomic E-state index is 0.180. The van der Waals surface area contributed by atoms with E-state index < -0.39 is 6.04 Å². The van der Waals surface area contributed by atoms with E-state index in [1.807, 2.05) is 0 Å². The number of halogens is 1. The molecule has 8 heteroatoms. The van der Waals surface area contributed by atoms with Crippen LogP contribution in [0.15, 0.2) is 45.5 Å². The summed E-state index contributed by atoms with van der Waals surface area (Å²) in [6, 6.07) is 7.60. The molecule has 2 aliphatic rings. The molecule has 1 aromatic carbocycles. The summed E-state index contributed by atoms with van der Waals surface area (Å²) in [5, 5.41) is 5.71. The molecule has 0 unspecified atom stereocenters. The molecule has 1 aromatic heterocycles. The summed E-state index contributed by atoms with van der Waals surface area (Å²) >= 11 is 3.36. The number of furan rings is 1. The lowest BCUT2D eigenvalue weighted by Crippen LogP contribution is -2.55. The van der Waals surface area contributed by atoms with Crippen LogP contribution in [0.5, 0.6) is 0 Å². The quantitative estimate of drug-likeness (QED) is 0.784. The molecule has 3 amide bonds. The van der Waals surface area contributed by atoms with E-state index in [-0.39, 0.29) is 29.5 Å². The lowest BCUT2D eigenvalue weighted by molar-refractivity contribution is -0.121. The molecule has 0 bridgehead atoms. The highest BCUT2D eigenvalue weighted by atomic mass is 79.9. The van der Waals surface area contributed by atoms with Gasteiger partial charge in [0.05, 0.1) is 17.5 Å². The number of anilines is 1. The highest BCUT2D eigenvalue weighted by Crippen LogP contribution is 2.30. The van der Waals surface area contributed by atoms with E-state index in [1.54, 1.807) is 35.2 Å². The maximum Gasteiger partial charge on any atom is 0.287 e. The third-order valence-corrected chi connectivity index (χ3v) is 5.21. The molecule has 2 aromatic rings. The van der Waals surface area contributed by atoms with Gasteiger partial charge < -0.3 is 20.0 Å². The van der Waals surface area contributed by atoms with Gasteiger partial charge in [-0.15, -0.1) is 0 Å². The first-order valence-electron chi connectivity index (χ1n) is 8.28. The van der Waals surface area contributed by atoms with Crippen LogP contribution < -0.4 is 10.6 Å². The molecule has 1 saturated heterocycles. The van der Waals surface area contributed by atoms with Crippen LogP contribution >= 0.6 is 15.9 Å². The van der Waals surface area contributed by atoms with Crippen LogP contribution in [-0.2, 0) is 4.79 Å². The molecule has 2 atom stereocenters. The van der Waals surface area contributed by atoms with Crippen molar-refractivity contribution in [3.05, 3.63) is 52.4 Å². The van der Waals surface area contributed by atoms with E-state index in [0.29, 0.717) is 30.6 Å². The predicted octanol–water partition coefficient (Wildman–Crippen LogP) is 2.40. The second-order valence-electron chi connectivity index (χ2n) is 6.37. The molecule has 0 saturated carbocycles. The topological polar surface area (TPSA) is 91.7 Å². The fourth-order valence-corrected chi connectivity index (χ4v) is 3.79. The maximum absolute atomic E-state index is 12.9. The molecule has 0 aliphatic carbocycles. The predicted molar refractivity (Wildman–Crippen MR) is 96.8 cm³/mol. The molecule has 134 valence electrons. The molecule has 1 fully saturated rings. The van der Waals surface area contributed by atoms with E-state index in [2.05, 4.69) is 26.6 Å². The fourth-order valence-electron chi connectivity index (χ4n) is 3.43. The Morgan fingerprint density at radius 3 is 2.92 bits per heavy atom. The largest absolute Gasteiger partial charge is 0.459 e. The van der Waals surface area contributed by atoms with Crippen molar-refractivity contribution in [3.8, 4) is 0 Å². The van der Waals surface area contributed by atoms with Gasteiger partial charge in [-0.25, -0.2) is 0 Å². The third kappa shape index (κ3) is 3.01. The van der Waals surface area contributed by atoms with Crippen molar-refractivity contribution in [2.45, 2.75) is 24.9 Å². The average Bonchev–Trinajstić information content (AvgIpc) is 3.14. The second-order valence-corrected chi connectivity index (χ2v) is 7.28. The van der Waals surface area contributed by atoms with Crippen LogP contribution in [0, 0.1) is 0 Å². The second kappa shape index (κ2) is 6.60. The van der Waals surface area contributed by atoms with Crippen LogP contribution in [0.4, 0.5) is 5.69 Å². The molecule has 0 spiro atoms. The highest BCUT2D eigenvalue weighted by molar-refractivity contribution is 9.10. The molecule has 3 heterocycles. The SMILES string of the molecule is O=C(N[C@@H]1CCN2C(=O)c3cc(Br)ccc3NC(=O)[C@@H]2C1)c1ccco1. The number of amides is 3. The number of nitrogens with one attached hydrogen (secondary N) is 2. The zero-order chi connectivity index (χ0) is 18.3. The van der Waals surface area contributed by atoms with Gasteiger partial charge in [0.25, 0.3) is 11.8 Å². The zero-order valence-electron chi connectivity index (χ0n) is 13.7. The van der Waals surface area contributed by atoms with E-state index >= 15 is 0 Å². The number of hydrogen-bond donors (Lipinski definition) is 2. The smallest absolute Gasteiger partial charge is 0.287 e. The number of piperidine rings is 1. The van der Waals surface area contributed by atoms with Crippen LogP contribution in [0.25, 0.3) is 0 Å². The fraction of sp³-hybridized carbons (Fsp3) is 0.278. The lowest BCUT2D eigenvalue weighted by Gasteiger charge is -2.37. The Morgan fingerprint density at radius 2 is 2.15 bits per heavy atom. The van der Waals surface area contributed by atoms with Gasteiger partial charge in [-0.1, -0.05) is 15.9 Å². The van der Waals surface area contributed by atoms with Gasteiger partial charge in [-0.2, -0.15) is 0 Å². The summed E-state index contributed by atoms with van der Waals surface area (Å²) in [4.78, 5) is 39.3. The Morgan fingerprint density at radius 1 is 1.31 bits per heavy atom. The molecule has 2 aliphatic heterocycles. The first kappa shape index (κ1) is 16.8. The monoisotopic (exact) mass is 417 g/mol. The van der Waals surface area contributed by atoms with Gasteiger partial charge >= 0.3 is 0 Å². The molecule has 2 N–H and O–H groups in total. The summed E-state index contributed by atoms with van der Waals surface area (Å²) in [5.74, 6) is -0.510. The summed E-state index contributed by atoms with van der Waals surface area (Å²) < 4.78 is 5.87. The van der Waals surface area contributed by atoms with Crippen LogP contribution in [-0.4, -0.2) is 41.2 Å². The Balaban J connectivity index is 1.54. The van der Waals surface area contributed by atoms with Crippen molar-refractivity contribution in [2.75, 3.05) is 11.9 Å². The van der Waals surface area contributed by atoms with Crippen molar-refractivity contribution in [1.29, 1.82) is 0 Å². The molecular weight excluding hydrogens is 402 g/mol. The van der Waals surface area contributed by atoms with Crippen molar-refractivity contribution in [3.63, 3.8) is 0 Å². The van der Waals surface area contributed by atoms with Gasteiger partial charge in [0, 0.05) is 17.1 Å². The van der Waals surface area contributed by atoms with Crippen LogP contribution in [0.3, 0.4) is 0 Å². The zero-order valence-corrected chi connectivity index (χ0v) is 15.3. The standard InChI is InChI=1S/C18H16BrN3O4/c19-10-3-4-13-12(8-10)18(25)22-6-5-11(9-14(22)16(23)21-13)20-17(24)15-2-1-7-26-15/h1-4,7-8,11,14H,5-6,9H2,(H,20,24)(H,21,23)/t11-,14+/m1/s1. The number of hydrogen-bond acceptors (Lipinski definition) is 4. The normalized spacial score (nSPS) is 22.1. The molecule has 4 rings (SSSR count). The first-order chi connectivity index (χ1) is 12.5. The number of benzene rings is 1. The Kier molecular flexibility index (Phi) is 4.28. The third-order valence-electron chi connectivity index (χ3n) is 4.72. The van der Waals surface area contributed by atoms with E-state index in [4.69, 9.17) is 4.42 Å². The first-order valence-corrected chi connectivity index (χ1v) is 9.08. The van der Waals surface area contributed by atoms with E-state index in [9.17, 15) is 14.4 Å². The Bertz CT molecular complexity index is 881. The van der Waals surface area contributed by atoms with Gasteiger partial charge in [-0.3, -0.25) is 14.4 Å². The van der Waals surface area contributed by atoms with Crippen molar-refractivity contribution < 1.29 is 18.8 Å². The summed E-state index contributed by atoms with van der Waals surface area (Å²) in [7, 11) is 0. The minimum atomic E-state index is -0.621. The Labute approximate surface area is 157 Å². The molecular formula is C18H16BrN3O4. The van der Waals surface area contributed by atoms with Gasteiger partial charge in [-0.05, 0) is 43.2 Å². The van der Waals surface area contributed by atoms with Gasteiger partial charge in [0.15, 0.2) is 5.76 Å². The molecule has 0 radical (unpaired) electrons. The van der Waals surface area contributed by atoms with Crippen molar-refractivity contribution in [1.82, 2.24) is 10.2 Å². The van der Waals surface area contributed by atoms with Gasteiger partial charge in [0.1, 0.15) is 6.04 Å².